The van der Waals surface area contributed by atoms with E-state index in [0.29, 0.717) is 12.2 Å². The average molecular weight is 263 g/mol. The van der Waals surface area contributed by atoms with E-state index in [1.165, 1.54) is 12.5 Å². The first-order valence-electron chi connectivity index (χ1n) is 7.12. The molecule has 1 aliphatic heterocycles. The van der Waals surface area contributed by atoms with Crippen LogP contribution in [-0.2, 0) is 0 Å². The van der Waals surface area contributed by atoms with E-state index in [1.807, 2.05) is 6.07 Å². The highest BCUT2D eigenvalue weighted by atomic mass is 19.1. The van der Waals surface area contributed by atoms with Crippen LogP contribution in [0.5, 0.6) is 0 Å². The first-order chi connectivity index (χ1) is 9.13. The highest BCUT2D eigenvalue weighted by molar-refractivity contribution is 5.85. The summed E-state index contributed by atoms with van der Waals surface area (Å²) in [6, 6.07) is 4.88. The number of aldehydes is 1. The average Bonchev–Trinajstić information content (AvgIpc) is 2.64. The largest absolute Gasteiger partial charge is 0.371 e. The SMILES string of the molecule is CC(C)C1CCCN(c2cccc(F)c2C=O)CC1. The van der Waals surface area contributed by atoms with Crippen LogP contribution in [0.25, 0.3) is 0 Å². The van der Waals surface area contributed by atoms with E-state index in [0.717, 1.165) is 37.5 Å². The van der Waals surface area contributed by atoms with Crippen molar-refractivity contribution in [2.24, 2.45) is 11.8 Å². The van der Waals surface area contributed by atoms with Gasteiger partial charge in [0.05, 0.1) is 11.3 Å². The first kappa shape index (κ1) is 14.0. The zero-order chi connectivity index (χ0) is 13.8. The smallest absolute Gasteiger partial charge is 0.155 e. The van der Waals surface area contributed by atoms with Gasteiger partial charge in [-0.3, -0.25) is 4.79 Å². The van der Waals surface area contributed by atoms with Crippen molar-refractivity contribution in [1.29, 1.82) is 0 Å². The van der Waals surface area contributed by atoms with Crippen LogP contribution in [-0.4, -0.2) is 19.4 Å². The quantitative estimate of drug-likeness (QED) is 0.771. The lowest BCUT2D eigenvalue weighted by atomic mass is 9.89. The highest BCUT2D eigenvalue weighted by Gasteiger charge is 2.21. The molecule has 19 heavy (non-hydrogen) atoms. The number of carbonyl (C=O) groups excluding carboxylic acids is 1. The van der Waals surface area contributed by atoms with E-state index in [9.17, 15) is 9.18 Å². The number of carbonyl (C=O) groups is 1. The van der Waals surface area contributed by atoms with Crippen LogP contribution in [0, 0.1) is 17.7 Å². The van der Waals surface area contributed by atoms with Crippen molar-refractivity contribution in [2.75, 3.05) is 18.0 Å². The summed E-state index contributed by atoms with van der Waals surface area (Å²) in [5, 5.41) is 0. The van der Waals surface area contributed by atoms with Gasteiger partial charge in [-0.25, -0.2) is 4.39 Å². The fourth-order valence-corrected chi connectivity index (χ4v) is 2.95. The number of anilines is 1. The van der Waals surface area contributed by atoms with E-state index in [1.54, 1.807) is 6.07 Å². The molecule has 0 spiro atoms. The van der Waals surface area contributed by atoms with Crippen molar-refractivity contribution < 1.29 is 9.18 Å². The van der Waals surface area contributed by atoms with Crippen LogP contribution in [0.4, 0.5) is 10.1 Å². The Hall–Kier alpha value is -1.38. The molecule has 1 heterocycles. The molecule has 0 aliphatic carbocycles. The van der Waals surface area contributed by atoms with Crippen LogP contribution < -0.4 is 4.90 Å². The van der Waals surface area contributed by atoms with Crippen molar-refractivity contribution in [3.63, 3.8) is 0 Å². The predicted molar refractivity (Wildman–Crippen MR) is 76.2 cm³/mol. The fraction of sp³-hybridized carbons (Fsp3) is 0.562. The standard InChI is InChI=1S/C16H22FNO/c1-12(2)13-5-4-9-18(10-8-13)16-7-3-6-15(17)14(16)11-19/h3,6-7,11-13H,4-5,8-10H2,1-2H3. The minimum Gasteiger partial charge on any atom is -0.371 e. The van der Waals surface area contributed by atoms with E-state index < -0.39 is 5.82 Å². The lowest BCUT2D eigenvalue weighted by Crippen LogP contribution is -2.26. The molecule has 0 bridgehead atoms. The number of hydrogen-bond donors (Lipinski definition) is 0. The van der Waals surface area contributed by atoms with Gasteiger partial charge in [0, 0.05) is 13.1 Å². The Morgan fingerprint density at radius 1 is 1.32 bits per heavy atom. The Morgan fingerprint density at radius 3 is 2.79 bits per heavy atom. The van der Waals surface area contributed by atoms with Crippen LogP contribution in [0.1, 0.15) is 43.5 Å². The van der Waals surface area contributed by atoms with Crippen molar-refractivity contribution in [3.8, 4) is 0 Å². The van der Waals surface area contributed by atoms with Gasteiger partial charge in [0.2, 0.25) is 0 Å². The van der Waals surface area contributed by atoms with Crippen LogP contribution >= 0.6 is 0 Å². The van der Waals surface area contributed by atoms with Crippen molar-refractivity contribution in [1.82, 2.24) is 0 Å². The molecule has 0 N–H and O–H groups in total. The molecule has 2 rings (SSSR count). The van der Waals surface area contributed by atoms with Crippen molar-refractivity contribution in [2.45, 2.75) is 33.1 Å². The molecule has 1 unspecified atom stereocenters. The summed E-state index contributed by atoms with van der Waals surface area (Å²) in [4.78, 5) is 13.2. The normalized spacial score (nSPS) is 20.4. The number of nitrogens with zero attached hydrogens (tertiary/aromatic N) is 1. The molecule has 104 valence electrons. The van der Waals surface area contributed by atoms with E-state index in [2.05, 4.69) is 18.7 Å². The van der Waals surface area contributed by atoms with Gasteiger partial charge in [0.15, 0.2) is 6.29 Å². The van der Waals surface area contributed by atoms with Gasteiger partial charge >= 0.3 is 0 Å². The minimum absolute atomic E-state index is 0.200. The Labute approximate surface area is 114 Å². The summed E-state index contributed by atoms with van der Waals surface area (Å²) in [6.07, 6.45) is 4.08. The third-order valence-electron chi connectivity index (χ3n) is 4.20. The van der Waals surface area contributed by atoms with Crippen LogP contribution in [0.2, 0.25) is 0 Å². The van der Waals surface area contributed by atoms with Gasteiger partial charge in [0.25, 0.3) is 0 Å². The van der Waals surface area contributed by atoms with Gasteiger partial charge in [-0.05, 0) is 43.2 Å². The third-order valence-corrected chi connectivity index (χ3v) is 4.20. The number of hydrogen-bond acceptors (Lipinski definition) is 2. The molecule has 1 aromatic rings. The first-order valence-corrected chi connectivity index (χ1v) is 7.12. The molecule has 0 radical (unpaired) electrons. The van der Waals surface area contributed by atoms with Gasteiger partial charge in [-0.2, -0.15) is 0 Å². The second kappa shape index (κ2) is 6.18. The lowest BCUT2D eigenvalue weighted by molar-refractivity contribution is 0.112. The van der Waals surface area contributed by atoms with Crippen LogP contribution in [0.3, 0.4) is 0 Å². The highest BCUT2D eigenvalue weighted by Crippen LogP contribution is 2.29. The summed E-state index contributed by atoms with van der Waals surface area (Å²) in [5.74, 6) is 1.01. The second-order valence-corrected chi connectivity index (χ2v) is 5.71. The third kappa shape index (κ3) is 3.14. The molecule has 2 nitrogen and oxygen atoms in total. The Balaban J connectivity index is 2.19. The maximum absolute atomic E-state index is 13.7. The topological polar surface area (TPSA) is 20.3 Å². The van der Waals surface area contributed by atoms with Crippen molar-refractivity contribution in [3.05, 3.63) is 29.6 Å². The summed E-state index contributed by atoms with van der Waals surface area (Å²) in [5.41, 5.74) is 0.949. The molecular formula is C16H22FNO. The Bertz CT molecular complexity index is 444. The zero-order valence-electron chi connectivity index (χ0n) is 11.7. The number of benzene rings is 1. The fourth-order valence-electron chi connectivity index (χ4n) is 2.95. The van der Waals surface area contributed by atoms with Crippen LogP contribution in [0.15, 0.2) is 18.2 Å². The molecule has 1 aliphatic rings. The molecule has 1 aromatic carbocycles. The second-order valence-electron chi connectivity index (χ2n) is 5.71. The number of rotatable bonds is 3. The molecule has 0 amide bonds. The Morgan fingerprint density at radius 2 is 2.11 bits per heavy atom. The molecule has 1 fully saturated rings. The minimum atomic E-state index is -0.419. The van der Waals surface area contributed by atoms with Gasteiger partial charge in [-0.15, -0.1) is 0 Å². The summed E-state index contributed by atoms with van der Waals surface area (Å²) in [7, 11) is 0. The van der Waals surface area contributed by atoms with Gasteiger partial charge in [0.1, 0.15) is 5.82 Å². The molecule has 0 aromatic heterocycles. The van der Waals surface area contributed by atoms with E-state index >= 15 is 0 Å². The molecular weight excluding hydrogens is 241 g/mol. The summed E-state index contributed by atoms with van der Waals surface area (Å²) >= 11 is 0. The predicted octanol–water partition coefficient (Wildman–Crippen LogP) is 3.90. The van der Waals surface area contributed by atoms with E-state index in [4.69, 9.17) is 0 Å². The maximum Gasteiger partial charge on any atom is 0.155 e. The lowest BCUT2D eigenvalue weighted by Gasteiger charge is -2.25. The Kier molecular flexibility index (Phi) is 4.56. The van der Waals surface area contributed by atoms with Crippen molar-refractivity contribution >= 4 is 12.0 Å². The summed E-state index contributed by atoms with van der Waals surface area (Å²) in [6.45, 7) is 6.35. The molecule has 1 atom stereocenters. The zero-order valence-corrected chi connectivity index (χ0v) is 11.7. The molecule has 3 heteroatoms. The molecule has 1 saturated heterocycles. The summed E-state index contributed by atoms with van der Waals surface area (Å²) < 4.78 is 13.7. The number of halogens is 1. The van der Waals surface area contributed by atoms with Gasteiger partial charge < -0.3 is 4.90 Å². The monoisotopic (exact) mass is 263 g/mol. The van der Waals surface area contributed by atoms with Gasteiger partial charge in [-0.1, -0.05) is 19.9 Å². The van der Waals surface area contributed by atoms with E-state index in [-0.39, 0.29) is 5.56 Å². The molecule has 0 saturated carbocycles. The maximum atomic E-state index is 13.7.